The number of Topliss-reactive ketones (excluding diaryl/α,β-unsaturated/α-hetero) is 1. The summed E-state index contributed by atoms with van der Waals surface area (Å²) in [5, 5.41) is 10.5. The van der Waals surface area contributed by atoms with Crippen molar-refractivity contribution < 1.29 is 24.3 Å². The fourth-order valence-electron chi connectivity index (χ4n) is 4.01. The highest BCUT2D eigenvalue weighted by Gasteiger charge is 2.24. The van der Waals surface area contributed by atoms with Gasteiger partial charge in [0.2, 0.25) is 0 Å². The van der Waals surface area contributed by atoms with Crippen molar-refractivity contribution in [1.82, 2.24) is 0 Å². The summed E-state index contributed by atoms with van der Waals surface area (Å²) in [6.07, 6.45) is -0.565. The van der Waals surface area contributed by atoms with E-state index in [2.05, 4.69) is 36.9 Å². The molecule has 0 bridgehead atoms. The summed E-state index contributed by atoms with van der Waals surface area (Å²) in [7, 11) is 1.54. The van der Waals surface area contributed by atoms with Crippen LogP contribution in [0.3, 0.4) is 0 Å². The standard InChI is InChI=1S/C24H32N2O4/c1-17-5-7-22(18(2)13-17)26-11-9-25(10-12-26)15-21(28)16-30-23-8-6-20(19(3)27)14-24(23)29-4/h5-8,13-14,21,28H,9-12,15-16H2,1-4H3/p+1/t21-/m1/s1. The molecule has 1 heterocycles. The number of aliphatic hydroxyl groups is 1. The summed E-state index contributed by atoms with van der Waals surface area (Å²) in [5.74, 6) is 1.02. The first-order chi connectivity index (χ1) is 14.4. The van der Waals surface area contributed by atoms with E-state index in [-0.39, 0.29) is 12.4 Å². The van der Waals surface area contributed by atoms with Gasteiger partial charge in [0.15, 0.2) is 17.3 Å². The van der Waals surface area contributed by atoms with Gasteiger partial charge >= 0.3 is 0 Å². The van der Waals surface area contributed by atoms with Crippen LogP contribution in [0.25, 0.3) is 0 Å². The SMILES string of the molecule is COc1cc(C(C)=O)ccc1OC[C@H](O)C[NH+]1CCN(c2ccc(C)cc2C)CC1. The minimum Gasteiger partial charge on any atom is -0.493 e. The molecule has 2 aromatic carbocycles. The number of carbonyl (C=O) groups is 1. The number of quaternary nitrogens is 1. The second-order valence-electron chi connectivity index (χ2n) is 8.12. The van der Waals surface area contributed by atoms with Crippen molar-refractivity contribution in [2.75, 3.05) is 51.3 Å². The summed E-state index contributed by atoms with van der Waals surface area (Å²) in [6.45, 7) is 10.6. The molecular weight excluding hydrogens is 380 g/mol. The Morgan fingerprint density at radius 2 is 1.87 bits per heavy atom. The van der Waals surface area contributed by atoms with Crippen LogP contribution < -0.4 is 19.3 Å². The van der Waals surface area contributed by atoms with Crippen LogP contribution in [0.5, 0.6) is 11.5 Å². The molecule has 1 atom stereocenters. The third-order valence-corrected chi connectivity index (χ3v) is 5.69. The molecule has 0 amide bonds. The first-order valence-corrected chi connectivity index (χ1v) is 10.5. The molecule has 1 saturated heterocycles. The average molecular weight is 414 g/mol. The number of hydrogen-bond donors (Lipinski definition) is 2. The number of hydrogen-bond acceptors (Lipinski definition) is 5. The number of benzene rings is 2. The molecule has 0 aliphatic carbocycles. The molecule has 0 spiro atoms. The van der Waals surface area contributed by atoms with E-state index in [0.29, 0.717) is 23.6 Å². The second-order valence-corrected chi connectivity index (χ2v) is 8.12. The fourth-order valence-corrected chi connectivity index (χ4v) is 4.01. The molecule has 30 heavy (non-hydrogen) atoms. The molecule has 2 aromatic rings. The van der Waals surface area contributed by atoms with Crippen molar-refractivity contribution in [3.63, 3.8) is 0 Å². The number of piperazine rings is 1. The summed E-state index contributed by atoms with van der Waals surface area (Å²) in [6, 6.07) is 11.7. The lowest BCUT2D eigenvalue weighted by atomic mass is 10.1. The van der Waals surface area contributed by atoms with E-state index in [9.17, 15) is 9.90 Å². The monoisotopic (exact) mass is 413 g/mol. The lowest BCUT2D eigenvalue weighted by Crippen LogP contribution is -3.16. The Bertz CT molecular complexity index is 876. The van der Waals surface area contributed by atoms with E-state index in [1.165, 1.54) is 28.6 Å². The molecule has 6 heteroatoms. The Labute approximate surface area is 179 Å². The number of nitrogens with one attached hydrogen (secondary N) is 1. The number of rotatable bonds is 8. The molecule has 3 rings (SSSR count). The highest BCUT2D eigenvalue weighted by molar-refractivity contribution is 5.94. The third-order valence-electron chi connectivity index (χ3n) is 5.69. The van der Waals surface area contributed by atoms with Gasteiger partial charge in [-0.3, -0.25) is 4.79 Å². The smallest absolute Gasteiger partial charge is 0.161 e. The van der Waals surface area contributed by atoms with Crippen LogP contribution in [0.4, 0.5) is 5.69 Å². The molecule has 0 aromatic heterocycles. The number of aliphatic hydroxyl groups excluding tert-OH is 1. The molecule has 0 radical (unpaired) electrons. The average Bonchev–Trinajstić information content (AvgIpc) is 2.73. The van der Waals surface area contributed by atoms with Gasteiger partial charge in [-0.15, -0.1) is 0 Å². The Balaban J connectivity index is 1.48. The Morgan fingerprint density at radius 1 is 1.13 bits per heavy atom. The van der Waals surface area contributed by atoms with Crippen molar-refractivity contribution in [3.05, 3.63) is 53.1 Å². The topological polar surface area (TPSA) is 63.4 Å². The van der Waals surface area contributed by atoms with Crippen LogP contribution in [0.1, 0.15) is 28.4 Å². The fraction of sp³-hybridized carbons (Fsp3) is 0.458. The summed E-state index contributed by atoms with van der Waals surface area (Å²) in [4.78, 5) is 15.3. The maximum absolute atomic E-state index is 11.5. The zero-order valence-electron chi connectivity index (χ0n) is 18.4. The van der Waals surface area contributed by atoms with E-state index < -0.39 is 6.10 Å². The normalized spacial score (nSPS) is 15.7. The molecular formula is C24H33N2O4+. The summed E-state index contributed by atoms with van der Waals surface area (Å²) >= 11 is 0. The summed E-state index contributed by atoms with van der Waals surface area (Å²) in [5.41, 5.74) is 4.49. The van der Waals surface area contributed by atoms with Crippen molar-refractivity contribution in [2.45, 2.75) is 26.9 Å². The van der Waals surface area contributed by atoms with Crippen molar-refractivity contribution in [1.29, 1.82) is 0 Å². The number of nitrogens with zero attached hydrogens (tertiary/aromatic N) is 1. The van der Waals surface area contributed by atoms with E-state index in [1.807, 2.05) is 0 Å². The largest absolute Gasteiger partial charge is 0.493 e. The highest BCUT2D eigenvalue weighted by atomic mass is 16.5. The lowest BCUT2D eigenvalue weighted by Gasteiger charge is -2.35. The second kappa shape index (κ2) is 9.96. The van der Waals surface area contributed by atoms with E-state index in [1.54, 1.807) is 25.3 Å². The predicted molar refractivity (Wildman–Crippen MR) is 118 cm³/mol. The maximum Gasteiger partial charge on any atom is 0.161 e. The Hall–Kier alpha value is -2.57. The van der Waals surface area contributed by atoms with Gasteiger partial charge in [-0.05, 0) is 50.6 Å². The minimum atomic E-state index is -0.565. The molecule has 0 unspecified atom stereocenters. The van der Waals surface area contributed by atoms with Crippen LogP contribution in [0.15, 0.2) is 36.4 Å². The van der Waals surface area contributed by atoms with Crippen molar-refractivity contribution in [2.24, 2.45) is 0 Å². The molecule has 2 N–H and O–H groups in total. The van der Waals surface area contributed by atoms with E-state index >= 15 is 0 Å². The zero-order chi connectivity index (χ0) is 21.7. The van der Waals surface area contributed by atoms with Crippen LogP contribution in [0, 0.1) is 13.8 Å². The number of methoxy groups -OCH3 is 1. The quantitative estimate of drug-likeness (QED) is 0.645. The third kappa shape index (κ3) is 5.52. The van der Waals surface area contributed by atoms with Gasteiger partial charge in [0, 0.05) is 11.3 Å². The zero-order valence-corrected chi connectivity index (χ0v) is 18.4. The van der Waals surface area contributed by atoms with Gasteiger partial charge in [0.25, 0.3) is 0 Å². The first-order valence-electron chi connectivity index (χ1n) is 10.5. The van der Waals surface area contributed by atoms with Crippen molar-refractivity contribution >= 4 is 11.5 Å². The van der Waals surface area contributed by atoms with Crippen LogP contribution in [-0.4, -0.2) is 63.4 Å². The number of carbonyl (C=O) groups excluding carboxylic acids is 1. The number of ketones is 1. The molecule has 0 saturated carbocycles. The molecule has 162 valence electrons. The molecule has 6 nitrogen and oxygen atoms in total. The minimum absolute atomic E-state index is 0.0246. The number of aryl methyl sites for hydroxylation is 2. The highest BCUT2D eigenvalue weighted by Crippen LogP contribution is 2.28. The van der Waals surface area contributed by atoms with Crippen LogP contribution in [0.2, 0.25) is 0 Å². The number of anilines is 1. The molecule has 1 aliphatic rings. The van der Waals surface area contributed by atoms with Gasteiger partial charge in [-0.1, -0.05) is 17.7 Å². The Morgan fingerprint density at radius 3 is 2.50 bits per heavy atom. The van der Waals surface area contributed by atoms with Gasteiger partial charge < -0.3 is 24.4 Å². The first kappa shape index (κ1) is 22.1. The van der Waals surface area contributed by atoms with Crippen molar-refractivity contribution in [3.8, 4) is 11.5 Å². The molecule has 1 fully saturated rings. The Kier molecular flexibility index (Phi) is 7.34. The molecule has 1 aliphatic heterocycles. The predicted octanol–water partition coefficient (Wildman–Crippen LogP) is 1.66. The van der Waals surface area contributed by atoms with Crippen LogP contribution >= 0.6 is 0 Å². The number of ether oxygens (including phenoxy) is 2. The lowest BCUT2D eigenvalue weighted by molar-refractivity contribution is -0.903. The van der Waals surface area contributed by atoms with Gasteiger partial charge in [-0.2, -0.15) is 0 Å². The maximum atomic E-state index is 11.5. The van der Waals surface area contributed by atoms with Crippen LogP contribution in [-0.2, 0) is 0 Å². The van der Waals surface area contributed by atoms with Gasteiger partial charge in [-0.25, -0.2) is 0 Å². The summed E-state index contributed by atoms with van der Waals surface area (Å²) < 4.78 is 11.1. The van der Waals surface area contributed by atoms with E-state index in [0.717, 1.165) is 26.2 Å². The van der Waals surface area contributed by atoms with Gasteiger partial charge in [0.1, 0.15) is 19.3 Å². The van der Waals surface area contributed by atoms with Gasteiger partial charge in [0.05, 0.1) is 33.3 Å². The van der Waals surface area contributed by atoms with E-state index in [4.69, 9.17) is 9.47 Å².